The van der Waals surface area contributed by atoms with Gasteiger partial charge < -0.3 is 10.1 Å². The maximum absolute atomic E-state index is 6.36. The van der Waals surface area contributed by atoms with Gasteiger partial charge in [0.15, 0.2) is 0 Å². The van der Waals surface area contributed by atoms with Gasteiger partial charge in [-0.2, -0.15) is 0 Å². The molecule has 0 saturated heterocycles. The van der Waals surface area contributed by atoms with E-state index in [9.17, 15) is 0 Å². The molecule has 3 rings (SSSR count). The summed E-state index contributed by atoms with van der Waals surface area (Å²) in [6.07, 6.45) is 0. The summed E-state index contributed by atoms with van der Waals surface area (Å²) in [4.78, 5) is 0. The molecule has 0 aromatic heterocycles. The fourth-order valence-electron chi connectivity index (χ4n) is 2.49. The highest BCUT2D eigenvalue weighted by Gasteiger charge is 2.05. The van der Waals surface area contributed by atoms with Crippen molar-refractivity contribution in [2.45, 2.75) is 20.1 Å². The summed E-state index contributed by atoms with van der Waals surface area (Å²) >= 11 is 12.4. The predicted octanol–water partition coefficient (Wildman–Crippen LogP) is 6.49. The van der Waals surface area contributed by atoms with Crippen LogP contribution in [0.25, 0.3) is 0 Å². The molecule has 3 aromatic rings. The monoisotopic (exact) mass is 371 g/mol. The Morgan fingerprint density at radius 1 is 0.880 bits per heavy atom. The van der Waals surface area contributed by atoms with E-state index < -0.39 is 0 Å². The molecule has 128 valence electrons. The second-order valence-corrected chi connectivity index (χ2v) is 6.70. The lowest BCUT2D eigenvalue weighted by Gasteiger charge is -2.12. The van der Waals surface area contributed by atoms with E-state index >= 15 is 0 Å². The van der Waals surface area contributed by atoms with Crippen LogP contribution in [-0.4, -0.2) is 0 Å². The molecule has 4 heteroatoms. The Balaban J connectivity index is 1.62. The zero-order valence-electron chi connectivity index (χ0n) is 13.9. The van der Waals surface area contributed by atoms with Crippen LogP contribution in [0.4, 0.5) is 5.69 Å². The smallest absolute Gasteiger partial charge is 0.138 e. The SMILES string of the molecule is Cc1ccc(Cl)cc1NCc1ccc(OCc2ccccc2)c(Cl)c1. The molecule has 0 atom stereocenters. The van der Waals surface area contributed by atoms with Gasteiger partial charge in [0.25, 0.3) is 0 Å². The molecule has 3 aromatic carbocycles. The largest absolute Gasteiger partial charge is 0.487 e. The number of hydrogen-bond acceptors (Lipinski definition) is 2. The third-order valence-corrected chi connectivity index (χ3v) is 4.45. The second-order valence-electron chi connectivity index (χ2n) is 5.85. The maximum Gasteiger partial charge on any atom is 0.138 e. The summed E-state index contributed by atoms with van der Waals surface area (Å²) in [5, 5.41) is 4.72. The van der Waals surface area contributed by atoms with E-state index in [0.717, 1.165) is 27.4 Å². The van der Waals surface area contributed by atoms with Crippen LogP contribution in [0.15, 0.2) is 66.7 Å². The quantitative estimate of drug-likeness (QED) is 0.534. The van der Waals surface area contributed by atoms with Crippen LogP contribution < -0.4 is 10.1 Å². The highest BCUT2D eigenvalue weighted by atomic mass is 35.5. The summed E-state index contributed by atoms with van der Waals surface area (Å²) in [6.45, 7) is 3.21. The fraction of sp³-hybridized carbons (Fsp3) is 0.143. The molecule has 0 saturated carbocycles. The topological polar surface area (TPSA) is 21.3 Å². The van der Waals surface area contributed by atoms with Gasteiger partial charge in [-0.25, -0.2) is 0 Å². The molecule has 0 bridgehead atoms. The number of anilines is 1. The summed E-state index contributed by atoms with van der Waals surface area (Å²) in [5.74, 6) is 0.688. The lowest BCUT2D eigenvalue weighted by molar-refractivity contribution is 0.306. The van der Waals surface area contributed by atoms with Gasteiger partial charge in [0.2, 0.25) is 0 Å². The first-order valence-corrected chi connectivity index (χ1v) is 8.82. The fourth-order valence-corrected chi connectivity index (χ4v) is 2.92. The standard InChI is InChI=1S/C21H19Cl2NO/c1-15-7-9-18(22)12-20(15)24-13-17-8-10-21(19(23)11-17)25-14-16-5-3-2-4-6-16/h2-12,24H,13-14H2,1H3. The average molecular weight is 372 g/mol. The van der Waals surface area contributed by atoms with E-state index in [1.165, 1.54) is 0 Å². The van der Waals surface area contributed by atoms with Gasteiger partial charge in [-0.3, -0.25) is 0 Å². The Bertz CT molecular complexity index is 850. The molecule has 0 amide bonds. The molecule has 0 aliphatic carbocycles. The normalized spacial score (nSPS) is 10.5. The number of nitrogens with one attached hydrogen (secondary N) is 1. The predicted molar refractivity (Wildman–Crippen MR) is 106 cm³/mol. The summed E-state index contributed by atoms with van der Waals surface area (Å²) in [6, 6.07) is 21.7. The van der Waals surface area contributed by atoms with Gasteiger partial charge in [-0.1, -0.05) is 65.7 Å². The Morgan fingerprint density at radius 3 is 2.44 bits per heavy atom. The van der Waals surface area contributed by atoms with Gasteiger partial charge in [-0.15, -0.1) is 0 Å². The van der Waals surface area contributed by atoms with E-state index in [0.29, 0.717) is 23.9 Å². The first-order valence-electron chi connectivity index (χ1n) is 8.07. The summed E-state index contributed by atoms with van der Waals surface area (Å²) in [5.41, 5.74) is 4.36. The first-order chi connectivity index (χ1) is 12.1. The van der Waals surface area contributed by atoms with Crippen LogP contribution in [-0.2, 0) is 13.2 Å². The zero-order chi connectivity index (χ0) is 17.6. The van der Waals surface area contributed by atoms with Crippen molar-refractivity contribution in [1.29, 1.82) is 0 Å². The molecular weight excluding hydrogens is 353 g/mol. The molecule has 0 unspecified atom stereocenters. The highest BCUT2D eigenvalue weighted by Crippen LogP contribution is 2.27. The lowest BCUT2D eigenvalue weighted by Crippen LogP contribution is -2.02. The minimum atomic E-state index is 0.500. The van der Waals surface area contributed by atoms with E-state index in [2.05, 4.69) is 5.32 Å². The van der Waals surface area contributed by atoms with Crippen LogP contribution >= 0.6 is 23.2 Å². The molecule has 0 radical (unpaired) electrons. The third-order valence-electron chi connectivity index (χ3n) is 3.92. The van der Waals surface area contributed by atoms with E-state index in [4.69, 9.17) is 27.9 Å². The van der Waals surface area contributed by atoms with Crippen molar-refractivity contribution < 1.29 is 4.74 Å². The molecule has 0 aliphatic rings. The number of rotatable bonds is 6. The van der Waals surface area contributed by atoms with Crippen molar-refractivity contribution >= 4 is 28.9 Å². The van der Waals surface area contributed by atoms with Crippen LogP contribution in [0.2, 0.25) is 10.0 Å². The van der Waals surface area contributed by atoms with Crippen LogP contribution in [0, 0.1) is 6.92 Å². The number of halogens is 2. The van der Waals surface area contributed by atoms with Crippen molar-refractivity contribution in [2.75, 3.05) is 5.32 Å². The second kappa shape index (κ2) is 8.28. The Kier molecular flexibility index (Phi) is 5.85. The first kappa shape index (κ1) is 17.7. The molecule has 0 heterocycles. The number of benzene rings is 3. The van der Waals surface area contributed by atoms with Gasteiger partial charge in [0.1, 0.15) is 12.4 Å². The van der Waals surface area contributed by atoms with Crippen molar-refractivity contribution in [1.82, 2.24) is 0 Å². The Labute approximate surface area is 158 Å². The zero-order valence-corrected chi connectivity index (χ0v) is 15.4. The van der Waals surface area contributed by atoms with E-state index in [1.54, 1.807) is 0 Å². The van der Waals surface area contributed by atoms with E-state index in [-0.39, 0.29) is 0 Å². The maximum atomic E-state index is 6.36. The third kappa shape index (κ3) is 4.91. The Hall–Kier alpha value is -2.16. The number of aryl methyl sites for hydroxylation is 1. The molecule has 25 heavy (non-hydrogen) atoms. The highest BCUT2D eigenvalue weighted by molar-refractivity contribution is 6.32. The average Bonchev–Trinajstić information content (AvgIpc) is 2.62. The van der Waals surface area contributed by atoms with Gasteiger partial charge in [0.05, 0.1) is 5.02 Å². The van der Waals surface area contributed by atoms with E-state index in [1.807, 2.05) is 73.7 Å². The van der Waals surface area contributed by atoms with Gasteiger partial charge in [-0.05, 0) is 47.9 Å². The van der Waals surface area contributed by atoms with Gasteiger partial charge >= 0.3 is 0 Å². The molecule has 0 spiro atoms. The molecular formula is C21H19Cl2NO. The van der Waals surface area contributed by atoms with Crippen molar-refractivity contribution in [2.24, 2.45) is 0 Å². The Morgan fingerprint density at radius 2 is 1.68 bits per heavy atom. The number of ether oxygens (including phenoxy) is 1. The summed E-state index contributed by atoms with van der Waals surface area (Å²) < 4.78 is 5.81. The van der Waals surface area contributed by atoms with Crippen molar-refractivity contribution in [3.8, 4) is 5.75 Å². The van der Waals surface area contributed by atoms with Crippen LogP contribution in [0.3, 0.4) is 0 Å². The minimum Gasteiger partial charge on any atom is -0.487 e. The molecule has 1 N–H and O–H groups in total. The lowest BCUT2D eigenvalue weighted by atomic mass is 10.1. The molecule has 2 nitrogen and oxygen atoms in total. The van der Waals surface area contributed by atoms with Gasteiger partial charge in [0, 0.05) is 17.3 Å². The van der Waals surface area contributed by atoms with Crippen LogP contribution in [0.5, 0.6) is 5.75 Å². The summed E-state index contributed by atoms with van der Waals surface area (Å²) in [7, 11) is 0. The molecule has 0 aliphatic heterocycles. The van der Waals surface area contributed by atoms with Crippen molar-refractivity contribution in [3.05, 3.63) is 93.5 Å². The number of hydrogen-bond donors (Lipinski definition) is 1. The molecule has 0 fully saturated rings. The van der Waals surface area contributed by atoms with Crippen LogP contribution in [0.1, 0.15) is 16.7 Å². The minimum absolute atomic E-state index is 0.500. The van der Waals surface area contributed by atoms with Crippen molar-refractivity contribution in [3.63, 3.8) is 0 Å².